The van der Waals surface area contributed by atoms with E-state index in [0.29, 0.717) is 19.8 Å². The Morgan fingerprint density at radius 2 is 2.21 bits per heavy atom. The van der Waals surface area contributed by atoms with Gasteiger partial charge < -0.3 is 14.6 Å². The number of likely N-dealkylation sites (N-methyl/N-ethyl adjacent to an activating group) is 2. The molecule has 3 rings (SSSR count). The van der Waals surface area contributed by atoms with Gasteiger partial charge in [-0.05, 0) is 12.1 Å². The van der Waals surface area contributed by atoms with E-state index in [0.717, 1.165) is 30.2 Å². The van der Waals surface area contributed by atoms with E-state index in [4.69, 9.17) is 4.74 Å². The third kappa shape index (κ3) is 3.66. The molecule has 1 aliphatic rings. The second-order valence-electron chi connectivity index (χ2n) is 6.02. The van der Waals surface area contributed by atoms with Crippen molar-refractivity contribution in [2.45, 2.75) is 19.5 Å². The van der Waals surface area contributed by atoms with Crippen molar-refractivity contribution in [1.29, 1.82) is 0 Å². The molecule has 24 heavy (non-hydrogen) atoms. The zero-order valence-electron chi connectivity index (χ0n) is 14.2. The molecule has 1 saturated heterocycles. The first-order chi connectivity index (χ1) is 11.7. The lowest BCUT2D eigenvalue weighted by molar-refractivity contribution is -0.142. The number of morpholine rings is 1. The van der Waals surface area contributed by atoms with Gasteiger partial charge in [-0.25, -0.2) is 4.98 Å². The summed E-state index contributed by atoms with van der Waals surface area (Å²) in [6.07, 6.45) is 1.81. The van der Waals surface area contributed by atoms with Crippen LogP contribution in [0, 0.1) is 0 Å². The fourth-order valence-electron chi connectivity index (χ4n) is 3.01. The van der Waals surface area contributed by atoms with Crippen LogP contribution >= 0.6 is 0 Å². The van der Waals surface area contributed by atoms with Gasteiger partial charge in [0.05, 0.1) is 31.6 Å². The van der Waals surface area contributed by atoms with Crippen LogP contribution in [0.3, 0.4) is 0 Å². The predicted octanol–water partition coefficient (Wildman–Crippen LogP) is 1.76. The molecular formula is C18H24N4O2. The highest BCUT2D eigenvalue weighted by Crippen LogP contribution is 2.17. The number of ether oxygens (including phenoxy) is 1. The Balaban J connectivity index is 1.65. The van der Waals surface area contributed by atoms with Crippen molar-refractivity contribution >= 4 is 5.91 Å². The highest BCUT2D eigenvalue weighted by atomic mass is 16.5. The molecule has 0 bridgehead atoms. The number of hydrogen-bond acceptors (Lipinski definition) is 4. The molecule has 2 heterocycles. The summed E-state index contributed by atoms with van der Waals surface area (Å²) in [6, 6.07) is 9.84. The molecule has 0 radical (unpaired) electrons. The van der Waals surface area contributed by atoms with Crippen molar-refractivity contribution < 1.29 is 9.53 Å². The summed E-state index contributed by atoms with van der Waals surface area (Å²) in [5.41, 5.74) is 2.05. The second-order valence-corrected chi connectivity index (χ2v) is 6.02. The van der Waals surface area contributed by atoms with Crippen LogP contribution in [-0.2, 0) is 16.1 Å². The number of H-pyrrole nitrogens is 1. The number of nitrogens with zero attached hydrogens (tertiary/aromatic N) is 3. The van der Waals surface area contributed by atoms with Crippen LogP contribution in [0.2, 0.25) is 0 Å². The van der Waals surface area contributed by atoms with E-state index >= 15 is 0 Å². The average Bonchev–Trinajstić information content (AvgIpc) is 3.10. The number of rotatable bonds is 5. The highest BCUT2D eigenvalue weighted by molar-refractivity contribution is 5.81. The number of amides is 1. The zero-order valence-corrected chi connectivity index (χ0v) is 14.2. The number of nitrogens with one attached hydrogen (secondary N) is 1. The maximum absolute atomic E-state index is 12.7. The van der Waals surface area contributed by atoms with Gasteiger partial charge in [0.2, 0.25) is 5.91 Å². The standard InChI is InChI=1S/C18H24N4O2/c1-3-22-9-10-24-13-16(22)18(23)21(2)12-17-19-11-15(20-17)14-7-5-4-6-8-14/h4-8,11,16H,3,9-10,12-13H2,1-2H3,(H,19,20). The predicted molar refractivity (Wildman–Crippen MR) is 92.4 cm³/mol. The van der Waals surface area contributed by atoms with E-state index in [1.54, 1.807) is 4.90 Å². The molecule has 6 nitrogen and oxygen atoms in total. The Labute approximate surface area is 142 Å². The highest BCUT2D eigenvalue weighted by Gasteiger charge is 2.30. The Kier molecular flexibility index (Phi) is 5.27. The van der Waals surface area contributed by atoms with E-state index in [1.165, 1.54) is 0 Å². The monoisotopic (exact) mass is 328 g/mol. The van der Waals surface area contributed by atoms with Crippen molar-refractivity contribution in [3.63, 3.8) is 0 Å². The van der Waals surface area contributed by atoms with Crippen LogP contribution in [0.5, 0.6) is 0 Å². The van der Waals surface area contributed by atoms with E-state index < -0.39 is 0 Å². The quantitative estimate of drug-likeness (QED) is 0.908. The zero-order chi connectivity index (χ0) is 16.9. The van der Waals surface area contributed by atoms with E-state index in [1.807, 2.05) is 43.6 Å². The van der Waals surface area contributed by atoms with Gasteiger partial charge in [0.15, 0.2) is 0 Å². The number of hydrogen-bond donors (Lipinski definition) is 1. The smallest absolute Gasteiger partial charge is 0.242 e. The second kappa shape index (κ2) is 7.59. The summed E-state index contributed by atoms with van der Waals surface area (Å²) < 4.78 is 5.49. The van der Waals surface area contributed by atoms with Crippen molar-refractivity contribution in [2.75, 3.05) is 33.4 Å². The molecule has 0 aliphatic carbocycles. The molecule has 0 saturated carbocycles. The summed E-state index contributed by atoms with van der Waals surface area (Å²) in [5, 5.41) is 0. The molecule has 1 fully saturated rings. The minimum atomic E-state index is -0.197. The summed E-state index contributed by atoms with van der Waals surface area (Å²) in [7, 11) is 1.81. The van der Waals surface area contributed by atoms with E-state index in [2.05, 4.69) is 21.8 Å². The van der Waals surface area contributed by atoms with Crippen molar-refractivity contribution in [3.05, 3.63) is 42.4 Å². The Morgan fingerprint density at radius 1 is 1.42 bits per heavy atom. The van der Waals surface area contributed by atoms with Gasteiger partial charge in [-0.1, -0.05) is 37.3 Å². The molecule has 0 spiro atoms. The first-order valence-electron chi connectivity index (χ1n) is 8.35. The fourth-order valence-corrected chi connectivity index (χ4v) is 3.01. The molecule has 6 heteroatoms. The number of benzene rings is 1. The molecular weight excluding hydrogens is 304 g/mol. The van der Waals surface area contributed by atoms with Crippen molar-refractivity contribution in [3.8, 4) is 11.3 Å². The minimum absolute atomic E-state index is 0.0780. The molecule has 1 amide bonds. The number of aromatic nitrogens is 2. The molecule has 1 aromatic heterocycles. The number of carbonyl (C=O) groups is 1. The first-order valence-corrected chi connectivity index (χ1v) is 8.35. The fraction of sp³-hybridized carbons (Fsp3) is 0.444. The van der Waals surface area contributed by atoms with E-state index in [9.17, 15) is 4.79 Å². The van der Waals surface area contributed by atoms with Gasteiger partial charge in [0, 0.05) is 13.6 Å². The lowest BCUT2D eigenvalue weighted by Crippen LogP contribution is -2.53. The van der Waals surface area contributed by atoms with Crippen LogP contribution in [0.4, 0.5) is 0 Å². The van der Waals surface area contributed by atoms with Gasteiger partial charge in [-0.3, -0.25) is 9.69 Å². The van der Waals surface area contributed by atoms with Crippen molar-refractivity contribution in [2.24, 2.45) is 0 Å². The van der Waals surface area contributed by atoms with Crippen LogP contribution in [0.25, 0.3) is 11.3 Å². The number of imidazole rings is 1. The normalized spacial score (nSPS) is 18.5. The number of carbonyl (C=O) groups excluding carboxylic acids is 1. The Hall–Kier alpha value is -2.18. The molecule has 1 aromatic carbocycles. The van der Waals surface area contributed by atoms with E-state index in [-0.39, 0.29) is 11.9 Å². The molecule has 1 aliphatic heterocycles. The third-order valence-corrected chi connectivity index (χ3v) is 4.41. The molecule has 128 valence electrons. The molecule has 2 aromatic rings. The molecule has 1 N–H and O–H groups in total. The molecule has 1 unspecified atom stereocenters. The number of aromatic amines is 1. The van der Waals surface area contributed by atoms with Gasteiger partial charge in [-0.15, -0.1) is 0 Å². The van der Waals surface area contributed by atoms with Crippen molar-refractivity contribution in [1.82, 2.24) is 19.8 Å². The lowest BCUT2D eigenvalue weighted by atomic mass is 10.2. The lowest BCUT2D eigenvalue weighted by Gasteiger charge is -2.35. The topological polar surface area (TPSA) is 61.5 Å². The minimum Gasteiger partial charge on any atom is -0.378 e. The van der Waals surface area contributed by atoms with Gasteiger partial charge in [0.1, 0.15) is 11.9 Å². The summed E-state index contributed by atoms with van der Waals surface area (Å²) >= 11 is 0. The van der Waals surface area contributed by atoms with Crippen LogP contribution < -0.4 is 0 Å². The van der Waals surface area contributed by atoms with Crippen LogP contribution in [0.1, 0.15) is 12.7 Å². The van der Waals surface area contributed by atoms with Gasteiger partial charge >= 0.3 is 0 Å². The average molecular weight is 328 g/mol. The summed E-state index contributed by atoms with van der Waals surface area (Å²) in [6.45, 7) is 5.35. The third-order valence-electron chi connectivity index (χ3n) is 4.41. The van der Waals surface area contributed by atoms with Gasteiger partial charge in [-0.2, -0.15) is 0 Å². The van der Waals surface area contributed by atoms with Gasteiger partial charge in [0.25, 0.3) is 0 Å². The van der Waals surface area contributed by atoms with Crippen LogP contribution in [0.15, 0.2) is 36.5 Å². The molecule has 1 atom stereocenters. The Morgan fingerprint density at radius 3 is 2.96 bits per heavy atom. The summed E-state index contributed by atoms with van der Waals surface area (Å²) in [5.74, 6) is 0.860. The maximum atomic E-state index is 12.7. The Bertz CT molecular complexity index is 671. The summed E-state index contributed by atoms with van der Waals surface area (Å²) in [4.78, 5) is 24.3. The SMILES string of the molecule is CCN1CCOCC1C(=O)N(C)Cc1ncc(-c2ccccc2)[nH]1. The maximum Gasteiger partial charge on any atom is 0.242 e. The largest absolute Gasteiger partial charge is 0.378 e. The first kappa shape index (κ1) is 16.7. The van der Waals surface area contributed by atoms with Crippen LogP contribution in [-0.4, -0.2) is 65.1 Å².